The van der Waals surface area contributed by atoms with Crippen molar-refractivity contribution in [3.8, 4) is 45.7 Å². The molecule has 2 aromatic carbocycles. The van der Waals surface area contributed by atoms with E-state index in [0.29, 0.717) is 38.0 Å². The van der Waals surface area contributed by atoms with Gasteiger partial charge in [-0.05, 0) is 41.5 Å². The molecule has 0 fully saturated rings. The Hall–Kier alpha value is -3.01. The van der Waals surface area contributed by atoms with Gasteiger partial charge in [-0.2, -0.15) is 5.26 Å². The van der Waals surface area contributed by atoms with E-state index in [-0.39, 0.29) is 0 Å². The Bertz CT molecular complexity index is 1090. The normalized spacial score (nSPS) is 10.2. The van der Waals surface area contributed by atoms with Crippen molar-refractivity contribution in [1.29, 1.82) is 5.26 Å². The van der Waals surface area contributed by atoms with Crippen LogP contribution in [0.25, 0.3) is 22.4 Å². The van der Waals surface area contributed by atoms with Crippen LogP contribution in [0, 0.1) is 16.0 Å². The zero-order valence-corrected chi connectivity index (χ0v) is 17.1. The van der Waals surface area contributed by atoms with E-state index in [4.69, 9.17) is 38.0 Å². The molecular weight excluding hydrogens is 396 g/mol. The minimum Gasteiger partial charge on any atom is -0.493 e. The molecule has 0 unspecified atom stereocenters. The molecule has 0 amide bonds. The highest BCUT2D eigenvalue weighted by atomic mass is 35.5. The third-order valence-electron chi connectivity index (χ3n) is 4.28. The topological polar surface area (TPSA) is 67.3 Å². The first-order valence-electron chi connectivity index (χ1n) is 8.26. The first-order valence-corrected chi connectivity index (χ1v) is 9.04. The number of H-pyrrole nitrogens is 1. The average Bonchev–Trinajstić information content (AvgIpc) is 2.72. The number of nitrogens with one attached hydrogen (secondary N) is 1. The minimum atomic E-state index is 0.346. The lowest BCUT2D eigenvalue weighted by atomic mass is 9.98. The smallest absolute Gasteiger partial charge is 0.203 e. The quantitative estimate of drug-likeness (QED) is 0.550. The summed E-state index contributed by atoms with van der Waals surface area (Å²) in [6.07, 6.45) is 0. The Morgan fingerprint density at radius 3 is 2.04 bits per heavy atom. The molecule has 0 saturated heterocycles. The van der Waals surface area contributed by atoms with Crippen LogP contribution in [-0.4, -0.2) is 26.3 Å². The molecule has 1 N–H and O–H groups in total. The number of benzene rings is 2. The van der Waals surface area contributed by atoms with Gasteiger partial charge in [0.1, 0.15) is 10.7 Å². The maximum absolute atomic E-state index is 9.67. The molecule has 0 spiro atoms. The van der Waals surface area contributed by atoms with Gasteiger partial charge in [-0.25, -0.2) is 0 Å². The number of aromatic amines is 1. The Morgan fingerprint density at radius 1 is 0.929 bits per heavy atom. The van der Waals surface area contributed by atoms with E-state index < -0.39 is 0 Å². The van der Waals surface area contributed by atoms with Gasteiger partial charge in [0.05, 0.1) is 26.9 Å². The summed E-state index contributed by atoms with van der Waals surface area (Å²) in [5.74, 6) is 1.46. The largest absolute Gasteiger partial charge is 0.493 e. The number of ether oxygens (including phenoxy) is 3. The summed E-state index contributed by atoms with van der Waals surface area (Å²) >= 11 is 11.4. The molecule has 0 aliphatic carbocycles. The van der Waals surface area contributed by atoms with Crippen molar-refractivity contribution >= 4 is 23.8 Å². The lowest BCUT2D eigenvalue weighted by molar-refractivity contribution is 0.324. The maximum atomic E-state index is 9.67. The van der Waals surface area contributed by atoms with Crippen molar-refractivity contribution in [3.05, 3.63) is 57.7 Å². The van der Waals surface area contributed by atoms with E-state index in [2.05, 4.69) is 11.1 Å². The van der Waals surface area contributed by atoms with Crippen LogP contribution in [0.5, 0.6) is 17.2 Å². The standard InChI is InChI=1S/C21H17ClN2O3S/c1-25-18-8-13(9-19(26-2)20(18)27-3)15-10-17(24-21(28)16(15)11-23)12-4-6-14(22)7-5-12/h4-10H,1-3H3,(H,24,28). The van der Waals surface area contributed by atoms with Crippen molar-refractivity contribution in [2.24, 2.45) is 0 Å². The molecule has 0 bridgehead atoms. The summed E-state index contributed by atoms with van der Waals surface area (Å²) < 4.78 is 16.6. The van der Waals surface area contributed by atoms with Gasteiger partial charge in [-0.1, -0.05) is 36.0 Å². The van der Waals surface area contributed by atoms with Gasteiger partial charge in [-0.3, -0.25) is 0 Å². The number of halogens is 1. The maximum Gasteiger partial charge on any atom is 0.203 e. The first-order chi connectivity index (χ1) is 13.5. The predicted molar refractivity (Wildman–Crippen MR) is 112 cm³/mol. The lowest BCUT2D eigenvalue weighted by Gasteiger charge is -2.15. The molecule has 0 radical (unpaired) electrons. The number of hydrogen-bond donors (Lipinski definition) is 1. The molecular formula is C21H17ClN2O3S. The second-order valence-corrected chi connectivity index (χ2v) is 6.68. The van der Waals surface area contributed by atoms with Gasteiger partial charge in [-0.15, -0.1) is 0 Å². The molecule has 1 heterocycles. The molecule has 28 heavy (non-hydrogen) atoms. The molecule has 0 saturated carbocycles. The van der Waals surface area contributed by atoms with Gasteiger partial charge in [0.25, 0.3) is 0 Å². The lowest BCUT2D eigenvalue weighted by Crippen LogP contribution is -1.97. The van der Waals surface area contributed by atoms with E-state index in [1.54, 1.807) is 38.5 Å². The van der Waals surface area contributed by atoms with Crippen LogP contribution in [0.4, 0.5) is 0 Å². The molecule has 142 valence electrons. The van der Waals surface area contributed by atoms with E-state index >= 15 is 0 Å². The Kier molecular flexibility index (Phi) is 5.88. The predicted octanol–water partition coefficient (Wildman–Crippen LogP) is 5.63. The molecule has 1 aromatic heterocycles. The van der Waals surface area contributed by atoms with Crippen LogP contribution in [0.1, 0.15) is 5.56 Å². The van der Waals surface area contributed by atoms with Crippen molar-refractivity contribution in [1.82, 2.24) is 4.98 Å². The van der Waals surface area contributed by atoms with Gasteiger partial charge in [0.15, 0.2) is 11.5 Å². The highest BCUT2D eigenvalue weighted by molar-refractivity contribution is 7.71. The summed E-state index contributed by atoms with van der Waals surface area (Å²) in [6.45, 7) is 0. The molecule has 3 aromatic rings. The van der Waals surface area contributed by atoms with Crippen LogP contribution in [-0.2, 0) is 0 Å². The van der Waals surface area contributed by atoms with Crippen molar-refractivity contribution in [2.75, 3.05) is 21.3 Å². The molecule has 0 aliphatic rings. The van der Waals surface area contributed by atoms with Crippen LogP contribution in [0.3, 0.4) is 0 Å². The van der Waals surface area contributed by atoms with Crippen molar-refractivity contribution in [2.45, 2.75) is 0 Å². The van der Waals surface area contributed by atoms with E-state index in [0.717, 1.165) is 16.8 Å². The molecule has 0 atom stereocenters. The summed E-state index contributed by atoms with van der Waals surface area (Å²) in [7, 11) is 4.63. The van der Waals surface area contributed by atoms with Gasteiger partial charge < -0.3 is 19.2 Å². The summed E-state index contributed by atoms with van der Waals surface area (Å²) in [5.41, 5.74) is 3.41. The van der Waals surface area contributed by atoms with Crippen molar-refractivity contribution < 1.29 is 14.2 Å². The SMILES string of the molecule is COc1cc(-c2cc(-c3ccc(Cl)cc3)[nH]c(=S)c2C#N)cc(OC)c1OC. The number of nitrogens with zero attached hydrogens (tertiary/aromatic N) is 1. The number of hydrogen-bond acceptors (Lipinski definition) is 5. The van der Waals surface area contributed by atoms with Crippen molar-refractivity contribution in [3.63, 3.8) is 0 Å². The summed E-state index contributed by atoms with van der Waals surface area (Å²) in [6, 6.07) is 15.0. The van der Waals surface area contributed by atoms with E-state index in [1.807, 2.05) is 18.2 Å². The second-order valence-electron chi connectivity index (χ2n) is 5.83. The zero-order valence-electron chi connectivity index (χ0n) is 15.5. The first kappa shape index (κ1) is 19.7. The molecule has 0 aliphatic heterocycles. The van der Waals surface area contributed by atoms with Crippen LogP contribution in [0.2, 0.25) is 5.02 Å². The van der Waals surface area contributed by atoms with E-state index in [9.17, 15) is 5.26 Å². The Balaban J connectivity index is 2.28. The summed E-state index contributed by atoms with van der Waals surface area (Å²) in [4.78, 5) is 3.11. The monoisotopic (exact) mass is 412 g/mol. The van der Waals surface area contributed by atoms with Gasteiger partial charge in [0, 0.05) is 16.3 Å². The minimum absolute atomic E-state index is 0.346. The third-order valence-corrected chi connectivity index (χ3v) is 4.83. The van der Waals surface area contributed by atoms with Crippen LogP contribution < -0.4 is 14.2 Å². The van der Waals surface area contributed by atoms with Gasteiger partial charge in [0.2, 0.25) is 5.75 Å². The Morgan fingerprint density at radius 2 is 1.54 bits per heavy atom. The van der Waals surface area contributed by atoms with Crippen LogP contribution in [0.15, 0.2) is 42.5 Å². The second kappa shape index (κ2) is 8.34. The Labute approximate surface area is 173 Å². The number of pyridine rings is 1. The molecule has 5 nitrogen and oxygen atoms in total. The molecule has 7 heteroatoms. The van der Waals surface area contributed by atoms with E-state index in [1.165, 1.54) is 7.11 Å². The highest BCUT2D eigenvalue weighted by Gasteiger charge is 2.17. The van der Waals surface area contributed by atoms with Gasteiger partial charge >= 0.3 is 0 Å². The number of aromatic nitrogens is 1. The fourth-order valence-electron chi connectivity index (χ4n) is 2.92. The third kappa shape index (κ3) is 3.68. The zero-order chi connectivity index (χ0) is 20.3. The fourth-order valence-corrected chi connectivity index (χ4v) is 3.31. The number of methoxy groups -OCH3 is 3. The fraction of sp³-hybridized carbons (Fsp3) is 0.143. The summed E-state index contributed by atoms with van der Waals surface area (Å²) in [5, 5.41) is 10.3. The average molecular weight is 413 g/mol. The molecule has 3 rings (SSSR count). The number of nitriles is 1. The van der Waals surface area contributed by atoms with Crippen LogP contribution >= 0.6 is 23.8 Å². The number of rotatable bonds is 5. The highest BCUT2D eigenvalue weighted by Crippen LogP contribution is 2.42.